The molecule has 1 aromatic heterocycles. The Morgan fingerprint density at radius 1 is 1.21 bits per heavy atom. The molecule has 0 atom stereocenters. The molecule has 0 saturated carbocycles. The summed E-state index contributed by atoms with van der Waals surface area (Å²) in [5, 5.41) is 5.03. The van der Waals surface area contributed by atoms with Crippen LogP contribution in [-0.2, 0) is 16.4 Å². The Morgan fingerprint density at radius 3 is 2.53 bits per heavy atom. The van der Waals surface area contributed by atoms with Crippen LogP contribution < -0.4 is 5.14 Å². The summed E-state index contributed by atoms with van der Waals surface area (Å²) in [7, 11) is -3.61. The van der Waals surface area contributed by atoms with E-state index in [1.54, 1.807) is 18.3 Å². The van der Waals surface area contributed by atoms with Crippen LogP contribution in [0.1, 0.15) is 11.3 Å². The number of nitrogens with two attached hydrogens (primary N) is 1. The summed E-state index contributed by atoms with van der Waals surface area (Å²) in [6, 6.07) is 10.4. The van der Waals surface area contributed by atoms with Crippen LogP contribution >= 0.6 is 0 Å². The maximum Gasteiger partial charge on any atom is 0.238 e. The molecule has 0 aliphatic carbocycles. The third-order valence-corrected chi connectivity index (χ3v) is 3.56. The number of sulfonamides is 1. The Kier molecular flexibility index (Phi) is 4.13. The summed E-state index contributed by atoms with van der Waals surface area (Å²) in [4.78, 5) is 7.44. The zero-order chi connectivity index (χ0) is 13.7. The van der Waals surface area contributed by atoms with E-state index < -0.39 is 10.0 Å². The van der Waals surface area contributed by atoms with Gasteiger partial charge in [-0.15, -0.1) is 0 Å². The fourth-order valence-electron chi connectivity index (χ4n) is 1.63. The first-order valence-electron chi connectivity index (χ1n) is 5.81. The van der Waals surface area contributed by atoms with Crippen LogP contribution in [0, 0.1) is 0 Å². The van der Waals surface area contributed by atoms with Crippen molar-refractivity contribution in [1.82, 2.24) is 4.98 Å². The highest BCUT2D eigenvalue weighted by Crippen LogP contribution is 2.09. The molecular formula is C13H15N3O2S. The van der Waals surface area contributed by atoms with Crippen LogP contribution in [-0.4, -0.2) is 26.2 Å². The van der Waals surface area contributed by atoms with Crippen LogP contribution in [0.2, 0.25) is 0 Å². The van der Waals surface area contributed by atoms with Crippen molar-refractivity contribution < 1.29 is 8.42 Å². The monoisotopic (exact) mass is 277 g/mol. The molecule has 0 aliphatic rings. The molecule has 0 fully saturated rings. The van der Waals surface area contributed by atoms with Gasteiger partial charge in [0.15, 0.2) is 0 Å². The maximum absolute atomic E-state index is 11.1. The van der Waals surface area contributed by atoms with Gasteiger partial charge in [-0.3, -0.25) is 4.99 Å². The van der Waals surface area contributed by atoms with E-state index in [9.17, 15) is 8.42 Å². The predicted octanol–water partition coefficient (Wildman–Crippen LogP) is 1.32. The van der Waals surface area contributed by atoms with Crippen molar-refractivity contribution in [1.29, 1.82) is 0 Å². The minimum Gasteiger partial charge on any atom is -0.360 e. The summed E-state index contributed by atoms with van der Waals surface area (Å²) in [6.45, 7) is 0.647. The van der Waals surface area contributed by atoms with Crippen LogP contribution in [0.25, 0.3) is 0 Å². The third-order valence-electron chi connectivity index (χ3n) is 2.63. The molecule has 0 unspecified atom stereocenters. The lowest BCUT2D eigenvalue weighted by Crippen LogP contribution is -2.11. The summed E-state index contributed by atoms with van der Waals surface area (Å²) >= 11 is 0. The SMILES string of the molecule is NS(=O)(=O)c1ccc(CCN=Cc2ccc[nH]2)cc1. The average molecular weight is 277 g/mol. The number of nitrogens with one attached hydrogen (secondary N) is 1. The molecular weight excluding hydrogens is 262 g/mol. The molecule has 0 spiro atoms. The van der Waals surface area contributed by atoms with Gasteiger partial charge >= 0.3 is 0 Å². The zero-order valence-electron chi connectivity index (χ0n) is 10.3. The van der Waals surface area contributed by atoms with Gasteiger partial charge in [0, 0.05) is 19.0 Å². The number of rotatable bonds is 5. The molecule has 0 radical (unpaired) electrons. The quantitative estimate of drug-likeness (QED) is 0.807. The molecule has 1 aromatic carbocycles. The molecule has 6 heteroatoms. The van der Waals surface area contributed by atoms with Crippen molar-refractivity contribution in [3.63, 3.8) is 0 Å². The second kappa shape index (κ2) is 5.81. The minimum atomic E-state index is -3.61. The Morgan fingerprint density at radius 2 is 1.95 bits per heavy atom. The summed E-state index contributed by atoms with van der Waals surface area (Å²) in [5.41, 5.74) is 1.99. The summed E-state index contributed by atoms with van der Waals surface area (Å²) in [6.07, 6.45) is 4.37. The van der Waals surface area contributed by atoms with Gasteiger partial charge in [-0.1, -0.05) is 12.1 Å². The Balaban J connectivity index is 1.90. The normalized spacial score (nSPS) is 12.1. The van der Waals surface area contributed by atoms with Gasteiger partial charge in [-0.25, -0.2) is 13.6 Å². The number of hydrogen-bond acceptors (Lipinski definition) is 3. The molecule has 0 bridgehead atoms. The van der Waals surface area contributed by atoms with E-state index in [4.69, 9.17) is 5.14 Å². The Bertz CT molecular complexity index is 644. The van der Waals surface area contributed by atoms with Crippen LogP contribution in [0.3, 0.4) is 0 Å². The molecule has 3 N–H and O–H groups in total. The molecule has 100 valence electrons. The van der Waals surface area contributed by atoms with Gasteiger partial charge < -0.3 is 4.98 Å². The zero-order valence-corrected chi connectivity index (χ0v) is 11.1. The predicted molar refractivity (Wildman–Crippen MR) is 74.8 cm³/mol. The van der Waals surface area contributed by atoms with Crippen molar-refractivity contribution >= 4 is 16.2 Å². The highest BCUT2D eigenvalue weighted by atomic mass is 32.2. The van der Waals surface area contributed by atoms with Crippen LogP contribution in [0.5, 0.6) is 0 Å². The first kappa shape index (κ1) is 13.5. The lowest BCUT2D eigenvalue weighted by Gasteiger charge is -2.01. The molecule has 0 amide bonds. The van der Waals surface area contributed by atoms with E-state index in [-0.39, 0.29) is 4.90 Å². The van der Waals surface area contributed by atoms with E-state index in [0.717, 1.165) is 17.7 Å². The molecule has 5 nitrogen and oxygen atoms in total. The number of primary sulfonamides is 1. The lowest BCUT2D eigenvalue weighted by atomic mass is 10.1. The first-order valence-corrected chi connectivity index (χ1v) is 7.35. The number of aliphatic imine (C=N–C) groups is 1. The first-order chi connectivity index (χ1) is 9.05. The highest BCUT2D eigenvalue weighted by molar-refractivity contribution is 7.89. The van der Waals surface area contributed by atoms with Crippen molar-refractivity contribution in [3.05, 3.63) is 53.9 Å². The lowest BCUT2D eigenvalue weighted by molar-refractivity contribution is 0.598. The molecule has 1 heterocycles. The van der Waals surface area contributed by atoms with Gasteiger partial charge in [-0.05, 0) is 36.2 Å². The fraction of sp³-hybridized carbons (Fsp3) is 0.154. The fourth-order valence-corrected chi connectivity index (χ4v) is 2.14. The summed E-state index contributed by atoms with van der Waals surface area (Å²) < 4.78 is 22.2. The second-order valence-corrected chi connectivity index (χ2v) is 5.66. The molecule has 19 heavy (non-hydrogen) atoms. The largest absolute Gasteiger partial charge is 0.360 e. The van der Waals surface area contributed by atoms with Gasteiger partial charge in [0.25, 0.3) is 0 Å². The number of aromatic amines is 1. The van der Waals surface area contributed by atoms with Crippen molar-refractivity contribution in [2.45, 2.75) is 11.3 Å². The van der Waals surface area contributed by atoms with E-state index in [0.29, 0.717) is 6.54 Å². The average Bonchev–Trinajstić information content (AvgIpc) is 2.87. The molecule has 2 aromatic rings. The van der Waals surface area contributed by atoms with Crippen LogP contribution in [0.4, 0.5) is 0 Å². The third kappa shape index (κ3) is 4.04. The number of aromatic nitrogens is 1. The van der Waals surface area contributed by atoms with Gasteiger partial charge in [0.2, 0.25) is 10.0 Å². The van der Waals surface area contributed by atoms with Crippen molar-refractivity contribution in [2.24, 2.45) is 10.1 Å². The minimum absolute atomic E-state index is 0.131. The van der Waals surface area contributed by atoms with Crippen molar-refractivity contribution in [2.75, 3.05) is 6.54 Å². The van der Waals surface area contributed by atoms with Crippen molar-refractivity contribution in [3.8, 4) is 0 Å². The van der Waals surface area contributed by atoms with Gasteiger partial charge in [0.1, 0.15) is 0 Å². The smallest absolute Gasteiger partial charge is 0.238 e. The van der Waals surface area contributed by atoms with E-state index in [1.807, 2.05) is 18.3 Å². The second-order valence-electron chi connectivity index (χ2n) is 4.10. The topological polar surface area (TPSA) is 88.3 Å². The van der Waals surface area contributed by atoms with E-state index in [1.165, 1.54) is 12.1 Å². The Labute approximate surface area is 112 Å². The standard InChI is InChI=1S/C13H15N3O2S/c14-19(17,18)13-5-3-11(4-6-13)7-9-15-10-12-2-1-8-16-12/h1-6,8,10,16H,7,9H2,(H2,14,17,18). The number of benzene rings is 1. The number of hydrogen-bond donors (Lipinski definition) is 2. The van der Waals surface area contributed by atoms with E-state index >= 15 is 0 Å². The molecule has 2 rings (SSSR count). The number of nitrogens with zero attached hydrogens (tertiary/aromatic N) is 1. The molecule has 0 aliphatic heterocycles. The molecule has 0 saturated heterocycles. The summed E-state index contributed by atoms with van der Waals surface area (Å²) in [5.74, 6) is 0. The van der Waals surface area contributed by atoms with Gasteiger partial charge in [-0.2, -0.15) is 0 Å². The highest BCUT2D eigenvalue weighted by Gasteiger charge is 2.06. The van der Waals surface area contributed by atoms with E-state index in [2.05, 4.69) is 9.98 Å². The maximum atomic E-state index is 11.1. The van der Waals surface area contributed by atoms with Gasteiger partial charge in [0.05, 0.1) is 10.6 Å². The van der Waals surface area contributed by atoms with Crippen LogP contribution in [0.15, 0.2) is 52.5 Å². The number of H-pyrrole nitrogens is 1. The Hall–Kier alpha value is -1.92.